The van der Waals surface area contributed by atoms with Gasteiger partial charge in [0.1, 0.15) is 5.78 Å². The monoisotopic (exact) mass is 263 g/mol. The normalized spacial score (nSPS) is 14.2. The molecular formula is C11H21NO4S. The zero-order valence-electron chi connectivity index (χ0n) is 10.2. The Kier molecular flexibility index (Phi) is 8.89. The van der Waals surface area contributed by atoms with Crippen LogP contribution in [0.25, 0.3) is 0 Å². The van der Waals surface area contributed by atoms with Crippen molar-refractivity contribution in [2.24, 2.45) is 5.73 Å². The van der Waals surface area contributed by atoms with Crippen LogP contribution in [0, 0.1) is 0 Å². The van der Waals surface area contributed by atoms with Crippen LogP contribution in [0.3, 0.4) is 0 Å². The van der Waals surface area contributed by atoms with Crippen molar-refractivity contribution in [2.45, 2.75) is 44.6 Å². The van der Waals surface area contributed by atoms with Crippen LogP contribution in [0.4, 0.5) is 0 Å². The van der Waals surface area contributed by atoms with E-state index < -0.39 is 22.8 Å². The van der Waals surface area contributed by atoms with Gasteiger partial charge in [0.2, 0.25) is 0 Å². The Morgan fingerprint density at radius 3 is 2.35 bits per heavy atom. The standard InChI is InChI=1S/C11H21NO4S/c1-17(16)8-7-9(12)10(13)5-3-2-4-6-11(14)15/h9H,2-8,12H2,1H3,(H,14,15)/t9-,17?/m0/s1. The number of hydrogen-bond acceptors (Lipinski definition) is 4. The van der Waals surface area contributed by atoms with Crippen molar-refractivity contribution in [1.82, 2.24) is 0 Å². The number of carboxylic acids is 1. The first-order valence-corrected chi connectivity index (χ1v) is 7.46. The summed E-state index contributed by atoms with van der Waals surface area (Å²) in [7, 11) is -0.914. The summed E-state index contributed by atoms with van der Waals surface area (Å²) in [6.07, 6.45) is 4.57. The topological polar surface area (TPSA) is 97.5 Å². The molecule has 0 aliphatic heterocycles. The van der Waals surface area contributed by atoms with Gasteiger partial charge in [-0.25, -0.2) is 0 Å². The first kappa shape index (κ1) is 16.2. The lowest BCUT2D eigenvalue weighted by atomic mass is 10.0. The third-order valence-corrected chi connectivity index (χ3v) is 3.25. The molecule has 0 fully saturated rings. The van der Waals surface area contributed by atoms with E-state index in [1.165, 1.54) is 0 Å². The number of ketones is 1. The maximum Gasteiger partial charge on any atom is 0.303 e. The first-order chi connectivity index (χ1) is 7.93. The molecule has 0 spiro atoms. The molecule has 3 N–H and O–H groups in total. The van der Waals surface area contributed by atoms with Gasteiger partial charge in [0.25, 0.3) is 0 Å². The molecule has 0 rings (SSSR count). The SMILES string of the molecule is CS(=O)CC[C@H](N)C(=O)CCCCCC(=O)O. The summed E-state index contributed by atoms with van der Waals surface area (Å²) in [4.78, 5) is 21.8. The first-order valence-electron chi connectivity index (χ1n) is 5.73. The van der Waals surface area contributed by atoms with Crippen LogP contribution < -0.4 is 5.73 Å². The third-order valence-electron chi connectivity index (χ3n) is 2.44. The van der Waals surface area contributed by atoms with Gasteiger partial charge in [-0.3, -0.25) is 13.8 Å². The number of aliphatic carboxylic acids is 1. The van der Waals surface area contributed by atoms with Gasteiger partial charge in [-0.05, 0) is 19.3 Å². The van der Waals surface area contributed by atoms with Crippen molar-refractivity contribution in [2.75, 3.05) is 12.0 Å². The summed E-state index contributed by atoms with van der Waals surface area (Å²) in [6, 6.07) is -0.529. The molecule has 100 valence electrons. The minimum atomic E-state index is -0.914. The summed E-state index contributed by atoms with van der Waals surface area (Å²) < 4.78 is 10.8. The Balaban J connectivity index is 3.57. The lowest BCUT2D eigenvalue weighted by Gasteiger charge is -2.09. The number of nitrogens with two attached hydrogens (primary N) is 1. The van der Waals surface area contributed by atoms with Crippen LogP contribution in [0.15, 0.2) is 0 Å². The lowest BCUT2D eigenvalue weighted by Crippen LogP contribution is -2.31. The van der Waals surface area contributed by atoms with Gasteiger partial charge in [0.15, 0.2) is 0 Å². The molecule has 17 heavy (non-hydrogen) atoms. The second-order valence-electron chi connectivity index (χ2n) is 4.09. The highest BCUT2D eigenvalue weighted by Crippen LogP contribution is 2.06. The Bertz CT molecular complexity index is 281. The van der Waals surface area contributed by atoms with Crippen LogP contribution in [0.5, 0.6) is 0 Å². The lowest BCUT2D eigenvalue weighted by molar-refractivity contribution is -0.137. The fourth-order valence-electron chi connectivity index (χ4n) is 1.39. The second-order valence-corrected chi connectivity index (χ2v) is 5.65. The minimum absolute atomic E-state index is 0.0224. The Hall–Kier alpha value is -0.750. The van der Waals surface area contributed by atoms with Gasteiger partial charge in [-0.2, -0.15) is 0 Å². The number of hydrogen-bond donors (Lipinski definition) is 2. The zero-order chi connectivity index (χ0) is 13.3. The van der Waals surface area contributed by atoms with Gasteiger partial charge in [0.05, 0.1) is 6.04 Å². The van der Waals surface area contributed by atoms with E-state index in [1.807, 2.05) is 0 Å². The molecule has 0 saturated carbocycles. The van der Waals surface area contributed by atoms with E-state index in [1.54, 1.807) is 6.26 Å². The minimum Gasteiger partial charge on any atom is -0.481 e. The van der Waals surface area contributed by atoms with Crippen LogP contribution in [0.1, 0.15) is 38.5 Å². The van der Waals surface area contributed by atoms with Gasteiger partial charge in [-0.1, -0.05) is 6.42 Å². The summed E-state index contributed by atoms with van der Waals surface area (Å²) >= 11 is 0. The largest absolute Gasteiger partial charge is 0.481 e. The maximum atomic E-state index is 11.5. The highest BCUT2D eigenvalue weighted by Gasteiger charge is 2.13. The molecule has 6 heteroatoms. The number of rotatable bonds is 10. The third kappa shape index (κ3) is 10.1. The molecule has 2 atom stereocenters. The molecule has 5 nitrogen and oxygen atoms in total. The summed E-state index contributed by atoms with van der Waals surface area (Å²) in [6.45, 7) is 0. The van der Waals surface area contributed by atoms with Crippen molar-refractivity contribution in [3.63, 3.8) is 0 Å². The van der Waals surface area contributed by atoms with Crippen LogP contribution in [-0.4, -0.2) is 39.1 Å². The average Bonchev–Trinajstić information content (AvgIpc) is 2.24. The Morgan fingerprint density at radius 2 is 1.82 bits per heavy atom. The average molecular weight is 263 g/mol. The molecule has 0 bridgehead atoms. The van der Waals surface area contributed by atoms with Crippen molar-refractivity contribution >= 4 is 22.6 Å². The molecular weight excluding hydrogens is 242 g/mol. The predicted octanol–water partition coefficient (Wildman–Crippen LogP) is 0.686. The molecule has 0 aromatic rings. The van der Waals surface area contributed by atoms with Crippen LogP contribution in [0.2, 0.25) is 0 Å². The highest BCUT2D eigenvalue weighted by atomic mass is 32.2. The molecule has 0 aromatic carbocycles. The van der Waals surface area contributed by atoms with E-state index in [0.29, 0.717) is 31.4 Å². The fourth-order valence-corrected chi connectivity index (χ4v) is 1.98. The van der Waals surface area contributed by atoms with Gasteiger partial charge in [0, 0.05) is 35.6 Å². The molecule has 0 radical (unpaired) electrons. The number of Topliss-reactive ketones (excluding diaryl/α,β-unsaturated/α-hetero) is 1. The number of carboxylic acid groups (broad SMARTS) is 1. The molecule has 1 unspecified atom stereocenters. The van der Waals surface area contributed by atoms with Crippen molar-refractivity contribution in [3.8, 4) is 0 Å². The molecule has 0 amide bonds. The van der Waals surface area contributed by atoms with Crippen LogP contribution in [-0.2, 0) is 20.4 Å². The Labute approximate surface area is 104 Å². The number of carbonyl (C=O) groups is 2. The van der Waals surface area contributed by atoms with Gasteiger partial charge >= 0.3 is 5.97 Å². The van der Waals surface area contributed by atoms with Gasteiger partial charge in [-0.15, -0.1) is 0 Å². The number of carbonyl (C=O) groups excluding carboxylic acids is 1. The van der Waals surface area contributed by atoms with E-state index in [2.05, 4.69) is 0 Å². The van der Waals surface area contributed by atoms with E-state index in [9.17, 15) is 13.8 Å². The maximum absolute atomic E-state index is 11.5. The molecule has 0 heterocycles. The fraction of sp³-hybridized carbons (Fsp3) is 0.818. The van der Waals surface area contributed by atoms with Gasteiger partial charge < -0.3 is 10.8 Å². The second kappa shape index (κ2) is 9.30. The van der Waals surface area contributed by atoms with Crippen LogP contribution >= 0.6 is 0 Å². The predicted molar refractivity (Wildman–Crippen MR) is 67.3 cm³/mol. The van der Waals surface area contributed by atoms with Crippen molar-refractivity contribution in [1.29, 1.82) is 0 Å². The summed E-state index contributed by atoms with van der Waals surface area (Å²) in [5.41, 5.74) is 5.65. The van der Waals surface area contributed by atoms with E-state index in [-0.39, 0.29) is 12.2 Å². The molecule has 0 saturated heterocycles. The molecule has 0 aliphatic carbocycles. The van der Waals surface area contributed by atoms with E-state index >= 15 is 0 Å². The smallest absolute Gasteiger partial charge is 0.303 e. The van der Waals surface area contributed by atoms with E-state index in [0.717, 1.165) is 6.42 Å². The molecule has 0 aliphatic rings. The van der Waals surface area contributed by atoms with E-state index in [4.69, 9.17) is 10.8 Å². The summed E-state index contributed by atoms with van der Waals surface area (Å²) in [5.74, 6) is -0.379. The molecule has 0 aromatic heterocycles. The highest BCUT2D eigenvalue weighted by molar-refractivity contribution is 7.84. The van der Waals surface area contributed by atoms with Crippen molar-refractivity contribution in [3.05, 3.63) is 0 Å². The number of unbranched alkanes of at least 4 members (excludes halogenated alkanes) is 2. The van der Waals surface area contributed by atoms with Crippen molar-refractivity contribution < 1.29 is 18.9 Å². The summed E-state index contributed by atoms with van der Waals surface area (Å²) in [5, 5.41) is 8.42. The quantitative estimate of drug-likeness (QED) is 0.565. The zero-order valence-corrected chi connectivity index (χ0v) is 11.0. The Morgan fingerprint density at radius 1 is 1.24 bits per heavy atom.